The van der Waals surface area contributed by atoms with E-state index in [2.05, 4.69) is 20.8 Å². The summed E-state index contributed by atoms with van der Waals surface area (Å²) in [7, 11) is 1.37. The zero-order valence-electron chi connectivity index (χ0n) is 29.0. The molecule has 47 heavy (non-hydrogen) atoms. The lowest BCUT2D eigenvalue weighted by Crippen LogP contribution is -2.75. The Balaban J connectivity index is 1.28. The maximum Gasteiger partial charge on any atom is 0.186 e. The second kappa shape index (κ2) is 13.6. The Kier molecular flexibility index (Phi) is 10.9. The van der Waals surface area contributed by atoms with E-state index in [-0.39, 0.29) is 36.2 Å². The van der Waals surface area contributed by atoms with Crippen LogP contribution in [0, 0.1) is 46.3 Å². The third-order valence-corrected chi connectivity index (χ3v) is 14.3. The molecule has 1 saturated heterocycles. The van der Waals surface area contributed by atoms with Crippen molar-refractivity contribution in [3.8, 4) is 0 Å². The van der Waals surface area contributed by atoms with Crippen molar-refractivity contribution in [3.63, 3.8) is 0 Å². The molecule has 0 bridgehead atoms. The fraction of sp³-hybridized carbons (Fsp3) is 1.00. The maximum atomic E-state index is 12.6. The Morgan fingerprint density at radius 2 is 1.57 bits per heavy atom. The van der Waals surface area contributed by atoms with Crippen LogP contribution in [0.15, 0.2) is 0 Å². The Labute approximate surface area is 279 Å². The van der Waals surface area contributed by atoms with Gasteiger partial charge in [-0.1, -0.05) is 34.6 Å². The molecule has 0 aromatic carbocycles. The molecule has 0 aromatic heterocycles. The number of rotatable bonds is 11. The van der Waals surface area contributed by atoms with E-state index in [1.807, 2.05) is 13.8 Å². The van der Waals surface area contributed by atoms with Crippen LogP contribution in [-0.4, -0.2) is 133 Å². The Morgan fingerprint density at radius 3 is 2.19 bits per heavy atom. The van der Waals surface area contributed by atoms with E-state index >= 15 is 0 Å². The average molecular weight is 675 g/mol. The summed E-state index contributed by atoms with van der Waals surface area (Å²) >= 11 is 0. The van der Waals surface area contributed by atoms with Gasteiger partial charge in [-0.3, -0.25) is 0 Å². The summed E-state index contributed by atoms with van der Waals surface area (Å²) in [6, 6.07) is 0. The van der Waals surface area contributed by atoms with E-state index < -0.39 is 89.7 Å². The van der Waals surface area contributed by atoms with Crippen LogP contribution in [0.5, 0.6) is 0 Å². The first-order chi connectivity index (χ1) is 21.9. The van der Waals surface area contributed by atoms with Crippen molar-refractivity contribution in [3.05, 3.63) is 0 Å². The van der Waals surface area contributed by atoms with Gasteiger partial charge in [0.15, 0.2) is 6.29 Å². The number of hydrogen-bond donors (Lipinski definition) is 9. The average Bonchev–Trinajstić information content (AvgIpc) is 3.47. The molecule has 4 unspecified atom stereocenters. The highest BCUT2D eigenvalue weighted by atomic mass is 16.7. The molecular weight excluding hydrogens is 612 g/mol. The molecule has 274 valence electrons. The molecule has 5 aliphatic rings. The zero-order valence-corrected chi connectivity index (χ0v) is 29.0. The smallest absolute Gasteiger partial charge is 0.186 e. The molecule has 5 rings (SSSR count). The fourth-order valence-electron chi connectivity index (χ4n) is 11.2. The van der Waals surface area contributed by atoms with Gasteiger partial charge in [-0.15, -0.1) is 0 Å². The van der Waals surface area contributed by atoms with Crippen LogP contribution >= 0.6 is 0 Å². The largest absolute Gasteiger partial charge is 0.394 e. The van der Waals surface area contributed by atoms with Gasteiger partial charge in [0.05, 0.1) is 37.1 Å². The molecule has 0 spiro atoms. The molecule has 0 aromatic rings. The van der Waals surface area contributed by atoms with Crippen molar-refractivity contribution in [2.75, 3.05) is 20.3 Å². The summed E-state index contributed by atoms with van der Waals surface area (Å²) in [5, 5.41) is 99.9. The van der Waals surface area contributed by atoms with E-state index in [1.54, 1.807) is 0 Å². The highest BCUT2D eigenvalue weighted by Crippen LogP contribution is 2.69. The van der Waals surface area contributed by atoms with E-state index in [4.69, 9.17) is 14.2 Å². The lowest BCUT2D eigenvalue weighted by atomic mass is 9.41. The first-order valence-corrected chi connectivity index (χ1v) is 17.8. The number of fused-ring (bicyclic) bond motifs is 5. The molecule has 0 amide bonds. The quantitative estimate of drug-likeness (QED) is 0.145. The molecule has 12 nitrogen and oxygen atoms in total. The van der Waals surface area contributed by atoms with E-state index in [0.29, 0.717) is 44.9 Å². The van der Waals surface area contributed by atoms with Gasteiger partial charge in [0.25, 0.3) is 0 Å². The lowest BCUT2D eigenvalue weighted by Gasteiger charge is -2.67. The predicted octanol–water partition coefficient (Wildman–Crippen LogP) is 0.308. The molecule has 5 fully saturated rings. The van der Waals surface area contributed by atoms with E-state index in [9.17, 15) is 46.0 Å². The highest BCUT2D eigenvalue weighted by molar-refractivity contribution is 5.23. The first kappa shape index (κ1) is 37.8. The molecule has 9 N–H and O–H groups in total. The minimum atomic E-state index is -1.68. The van der Waals surface area contributed by atoms with Crippen LogP contribution in [0.4, 0.5) is 0 Å². The van der Waals surface area contributed by atoms with Gasteiger partial charge in [-0.2, -0.15) is 0 Å². The van der Waals surface area contributed by atoms with Crippen molar-refractivity contribution < 1.29 is 60.2 Å². The second-order valence-corrected chi connectivity index (χ2v) is 16.8. The van der Waals surface area contributed by atoms with Crippen LogP contribution in [0.3, 0.4) is 0 Å². The SMILES string of the molecule is CO[C@H](CO)[C@@H]1O[C@@H](OCC(O)(CC[C@@H](C)[C@H]2C[C@@H](O)C3[C@@]4(O)C(CC[C@@]32C)[C@@]2(C)CC[C@H](O)CC2[C@@H](O)[C@H]4O)C(C)C)[C@H](O)[C@H]1O. The van der Waals surface area contributed by atoms with Gasteiger partial charge in [-0.05, 0) is 91.8 Å². The summed E-state index contributed by atoms with van der Waals surface area (Å²) in [6.45, 7) is 9.45. The third kappa shape index (κ3) is 6.04. The number of methoxy groups -OCH3 is 1. The summed E-state index contributed by atoms with van der Waals surface area (Å²) < 4.78 is 16.7. The van der Waals surface area contributed by atoms with Gasteiger partial charge >= 0.3 is 0 Å². The third-order valence-electron chi connectivity index (χ3n) is 14.3. The van der Waals surface area contributed by atoms with Crippen LogP contribution in [-0.2, 0) is 14.2 Å². The van der Waals surface area contributed by atoms with Gasteiger partial charge in [0.1, 0.15) is 36.1 Å². The first-order valence-electron chi connectivity index (χ1n) is 17.8. The molecular formula is C35H62O12. The minimum absolute atomic E-state index is 0.0202. The normalized spacial score (nSPS) is 50.8. The van der Waals surface area contributed by atoms with Crippen molar-refractivity contribution in [1.29, 1.82) is 0 Å². The topological polar surface area (TPSA) is 210 Å². The predicted molar refractivity (Wildman–Crippen MR) is 170 cm³/mol. The van der Waals surface area contributed by atoms with Crippen LogP contribution in [0.1, 0.15) is 86.0 Å². The van der Waals surface area contributed by atoms with Crippen molar-refractivity contribution in [2.45, 2.75) is 152 Å². The van der Waals surface area contributed by atoms with Crippen LogP contribution in [0.25, 0.3) is 0 Å². The van der Waals surface area contributed by atoms with Crippen molar-refractivity contribution >= 4 is 0 Å². The molecule has 18 atom stereocenters. The van der Waals surface area contributed by atoms with Gasteiger partial charge in [-0.25, -0.2) is 0 Å². The lowest BCUT2D eigenvalue weighted by molar-refractivity contribution is -0.309. The summed E-state index contributed by atoms with van der Waals surface area (Å²) in [5.41, 5.74) is -3.97. The van der Waals surface area contributed by atoms with Gasteiger partial charge in [0, 0.05) is 13.0 Å². The molecule has 1 aliphatic heterocycles. The molecule has 1 heterocycles. The Bertz CT molecular complexity index is 1080. The summed E-state index contributed by atoms with van der Waals surface area (Å²) in [6.07, 6.45) is -5.47. The molecule has 4 saturated carbocycles. The van der Waals surface area contributed by atoms with E-state index in [0.717, 1.165) is 6.42 Å². The summed E-state index contributed by atoms with van der Waals surface area (Å²) in [5.74, 6) is -1.52. The van der Waals surface area contributed by atoms with Crippen molar-refractivity contribution in [2.24, 2.45) is 46.3 Å². The maximum absolute atomic E-state index is 12.6. The minimum Gasteiger partial charge on any atom is -0.394 e. The monoisotopic (exact) mass is 674 g/mol. The van der Waals surface area contributed by atoms with Gasteiger partial charge < -0.3 is 60.2 Å². The number of hydrogen-bond acceptors (Lipinski definition) is 12. The van der Waals surface area contributed by atoms with Crippen LogP contribution in [0.2, 0.25) is 0 Å². The Morgan fingerprint density at radius 1 is 0.915 bits per heavy atom. The molecule has 0 radical (unpaired) electrons. The van der Waals surface area contributed by atoms with E-state index in [1.165, 1.54) is 7.11 Å². The number of aliphatic hydroxyl groups excluding tert-OH is 7. The van der Waals surface area contributed by atoms with Crippen molar-refractivity contribution in [1.82, 2.24) is 0 Å². The fourth-order valence-corrected chi connectivity index (χ4v) is 11.2. The Hall–Kier alpha value is -0.480. The molecule has 12 heteroatoms. The van der Waals surface area contributed by atoms with Crippen LogP contribution < -0.4 is 0 Å². The highest BCUT2D eigenvalue weighted by Gasteiger charge is 2.73. The zero-order chi connectivity index (χ0) is 34.9. The molecule has 4 aliphatic carbocycles. The second-order valence-electron chi connectivity index (χ2n) is 16.8. The standard InChI is InChI=1S/C35H62O12/c1-17(2)34(43,16-46-31-27(41)26(40)28(47-31)23(15-36)45-6)12-7-18(3)20-14-22(38)29-33(20,5)11-9-24-32(4)10-8-19(37)13-21(32)25(39)30(42)35(24,29)44/h17-31,36-44H,7-16H2,1-6H3/t18-,19+,20-,21?,22-,23-,24?,25-,26-,27-,28+,29?,30-,31-,32+,33-,34?,35+/m1/s1. The van der Waals surface area contributed by atoms with Gasteiger partial charge in [0.2, 0.25) is 0 Å². The summed E-state index contributed by atoms with van der Waals surface area (Å²) in [4.78, 5) is 0. The number of aliphatic hydroxyl groups is 9. The number of ether oxygens (including phenoxy) is 3.